The van der Waals surface area contributed by atoms with Gasteiger partial charge in [0.25, 0.3) is 15.6 Å². The molecule has 1 aromatic heterocycles. The summed E-state index contributed by atoms with van der Waals surface area (Å²) in [5.74, 6) is 0.185. The van der Waals surface area contributed by atoms with E-state index in [2.05, 4.69) is 12.2 Å². The lowest BCUT2D eigenvalue weighted by molar-refractivity contribution is 0.256. The molecule has 0 spiro atoms. The van der Waals surface area contributed by atoms with Crippen LogP contribution in [0.3, 0.4) is 0 Å². The maximum Gasteiger partial charge on any atom is 0.333 e. The summed E-state index contributed by atoms with van der Waals surface area (Å²) in [6.07, 6.45) is 4.53. The van der Waals surface area contributed by atoms with E-state index in [0.717, 1.165) is 41.2 Å². The summed E-state index contributed by atoms with van der Waals surface area (Å²) in [5.41, 5.74) is 0.521. The molecule has 0 radical (unpaired) electrons. The first kappa shape index (κ1) is 26.4. The number of carbonyl (C=O) groups is 1. The molecule has 0 saturated carbocycles. The van der Waals surface area contributed by atoms with Gasteiger partial charge < -0.3 is 5.32 Å². The van der Waals surface area contributed by atoms with Crippen LogP contribution in [-0.4, -0.2) is 24.0 Å². The van der Waals surface area contributed by atoms with Gasteiger partial charge >= 0.3 is 11.7 Å². The lowest BCUT2D eigenvalue weighted by atomic mass is 9.93. The third-order valence-corrected chi connectivity index (χ3v) is 6.68. The summed E-state index contributed by atoms with van der Waals surface area (Å²) < 4.78 is 28.7. The number of para-hydroxylation sites is 1. The fraction of sp³-hybridized carbons (Fsp3) is 0.522. The van der Waals surface area contributed by atoms with Crippen LogP contribution in [0, 0.1) is 0 Å². The van der Waals surface area contributed by atoms with Crippen LogP contribution >= 0.6 is 0 Å². The zero-order valence-electron chi connectivity index (χ0n) is 19.9. The van der Waals surface area contributed by atoms with E-state index in [1.807, 2.05) is 55.6 Å². The van der Waals surface area contributed by atoms with Gasteiger partial charge in [-0.25, -0.2) is 22.7 Å². The smallest absolute Gasteiger partial charge is 0.307 e. The highest BCUT2D eigenvalue weighted by Gasteiger charge is 2.24. The molecule has 0 bridgehead atoms. The van der Waals surface area contributed by atoms with Crippen LogP contribution in [0.5, 0.6) is 0 Å². The van der Waals surface area contributed by atoms with Crippen LogP contribution in [0.1, 0.15) is 83.3 Å². The van der Waals surface area contributed by atoms with Crippen LogP contribution in [-0.2, 0) is 16.6 Å². The van der Waals surface area contributed by atoms with Crippen LogP contribution in [0.25, 0.3) is 0 Å². The fourth-order valence-electron chi connectivity index (χ4n) is 3.57. The number of urea groups is 1. The number of anilines is 1. The monoisotopic (exact) mass is 478 g/mol. The van der Waals surface area contributed by atoms with Crippen molar-refractivity contribution >= 4 is 21.7 Å². The van der Waals surface area contributed by atoms with E-state index in [1.165, 1.54) is 0 Å². The Balaban J connectivity index is 2.31. The van der Waals surface area contributed by atoms with Crippen molar-refractivity contribution < 1.29 is 13.2 Å². The Hall–Kier alpha value is -2.88. The van der Waals surface area contributed by atoms with E-state index in [9.17, 15) is 22.8 Å². The first-order valence-electron chi connectivity index (χ1n) is 11.3. The Labute approximate surface area is 194 Å². The molecule has 0 fully saturated rings. The molecule has 0 saturated heterocycles. The number of H-pyrrole nitrogens is 1. The van der Waals surface area contributed by atoms with E-state index in [4.69, 9.17) is 0 Å². The number of nitrogens with zero attached hydrogens (tertiary/aromatic N) is 1. The van der Waals surface area contributed by atoms with E-state index < -0.39 is 32.2 Å². The number of unbranched alkanes of at least 4 members (excludes halogenated alkanes) is 3. The van der Waals surface area contributed by atoms with Gasteiger partial charge in [0, 0.05) is 18.4 Å². The van der Waals surface area contributed by atoms with Gasteiger partial charge in [0.15, 0.2) is 4.90 Å². The van der Waals surface area contributed by atoms with Crippen LogP contribution in [0.4, 0.5) is 10.5 Å². The maximum atomic E-state index is 12.8. The first-order valence-corrected chi connectivity index (χ1v) is 12.8. The third-order valence-electron chi connectivity index (χ3n) is 5.36. The molecule has 2 amide bonds. The molecule has 9 nitrogen and oxygen atoms in total. The minimum atomic E-state index is -4.52. The predicted octanol–water partition coefficient (Wildman–Crippen LogP) is 3.87. The quantitative estimate of drug-likeness (QED) is 0.446. The van der Waals surface area contributed by atoms with Gasteiger partial charge in [0.1, 0.15) is 0 Å². The van der Waals surface area contributed by atoms with Crippen molar-refractivity contribution in [3.05, 3.63) is 56.4 Å². The van der Waals surface area contributed by atoms with E-state index >= 15 is 0 Å². The highest BCUT2D eigenvalue weighted by Crippen LogP contribution is 2.32. The summed E-state index contributed by atoms with van der Waals surface area (Å²) in [6.45, 7) is 10.2. The van der Waals surface area contributed by atoms with E-state index in [1.54, 1.807) is 0 Å². The normalized spacial score (nSPS) is 11.7. The van der Waals surface area contributed by atoms with Crippen molar-refractivity contribution in [2.24, 2.45) is 0 Å². The number of rotatable bonds is 10. The average molecular weight is 479 g/mol. The largest absolute Gasteiger partial charge is 0.333 e. The number of hydrogen-bond donors (Lipinski definition) is 3. The molecule has 0 unspecified atom stereocenters. The highest BCUT2D eigenvalue weighted by atomic mass is 32.2. The molecule has 2 rings (SSSR count). The molecular weight excluding hydrogens is 444 g/mol. The van der Waals surface area contributed by atoms with E-state index in [0.29, 0.717) is 12.1 Å². The van der Waals surface area contributed by atoms with Gasteiger partial charge in [-0.2, -0.15) is 0 Å². The van der Waals surface area contributed by atoms with Crippen LogP contribution in [0.2, 0.25) is 0 Å². The predicted molar refractivity (Wildman–Crippen MR) is 129 cm³/mol. The van der Waals surface area contributed by atoms with Gasteiger partial charge in [-0.15, -0.1) is 0 Å². The standard InChI is InChI=1S/C23H34N4O5S/c1-6-7-8-9-13-27-14-19(21(28)25-23(27)30)33(31,32)26-22(29)24-20-17(15(2)3)11-10-12-18(20)16(4)5/h10-12,14-16H,6-9,13H2,1-5H3,(H2,24,26,29)(H,25,28,30). The molecule has 0 atom stereocenters. The van der Waals surface area contributed by atoms with Crippen molar-refractivity contribution in [1.82, 2.24) is 14.3 Å². The third kappa shape index (κ3) is 6.80. The molecule has 0 aliphatic rings. The molecule has 0 aliphatic heterocycles. The lowest BCUT2D eigenvalue weighted by Crippen LogP contribution is -2.40. The van der Waals surface area contributed by atoms with Crippen LogP contribution in [0.15, 0.2) is 38.9 Å². The second-order valence-corrected chi connectivity index (χ2v) is 10.3. The zero-order chi connectivity index (χ0) is 24.8. The van der Waals surface area contributed by atoms with E-state index in [-0.39, 0.29) is 18.4 Å². The number of carbonyl (C=O) groups excluding carboxylic acids is 1. The number of sulfonamides is 1. The molecule has 2 aromatic rings. The number of aromatic amines is 1. The Morgan fingerprint density at radius 2 is 1.64 bits per heavy atom. The summed E-state index contributed by atoms with van der Waals surface area (Å²) in [4.78, 5) is 38.3. The average Bonchev–Trinajstić information content (AvgIpc) is 2.71. The zero-order valence-corrected chi connectivity index (χ0v) is 20.7. The van der Waals surface area contributed by atoms with Gasteiger partial charge in [-0.05, 0) is 29.4 Å². The van der Waals surface area contributed by atoms with Crippen molar-refractivity contribution in [2.75, 3.05) is 5.32 Å². The van der Waals surface area contributed by atoms with Crippen molar-refractivity contribution in [2.45, 2.75) is 83.6 Å². The molecule has 182 valence electrons. The van der Waals surface area contributed by atoms with Gasteiger partial charge in [0.2, 0.25) is 0 Å². The molecule has 1 heterocycles. The number of aromatic nitrogens is 2. The Bertz CT molecular complexity index is 1170. The number of amides is 2. The lowest BCUT2D eigenvalue weighted by Gasteiger charge is -2.20. The molecule has 3 N–H and O–H groups in total. The van der Waals surface area contributed by atoms with Crippen molar-refractivity contribution in [3.8, 4) is 0 Å². The summed E-state index contributed by atoms with van der Waals surface area (Å²) in [6, 6.07) is 4.66. The van der Waals surface area contributed by atoms with Gasteiger partial charge in [-0.3, -0.25) is 14.3 Å². The number of aryl methyl sites for hydroxylation is 1. The fourth-order valence-corrected chi connectivity index (χ4v) is 4.53. The Kier molecular flexibility index (Phi) is 9.04. The summed E-state index contributed by atoms with van der Waals surface area (Å²) >= 11 is 0. The molecule has 0 aliphatic carbocycles. The Morgan fingerprint density at radius 3 is 2.18 bits per heavy atom. The maximum absolute atomic E-state index is 12.8. The number of hydrogen-bond acceptors (Lipinski definition) is 5. The minimum Gasteiger partial charge on any atom is -0.307 e. The topological polar surface area (TPSA) is 130 Å². The number of benzene rings is 1. The van der Waals surface area contributed by atoms with Crippen LogP contribution < -0.4 is 21.3 Å². The SMILES string of the molecule is CCCCCCn1cc(S(=O)(=O)NC(=O)Nc2c(C(C)C)cccc2C(C)C)c(=O)[nH]c1=O. The minimum absolute atomic E-state index is 0.0923. The van der Waals surface area contributed by atoms with Crippen molar-refractivity contribution in [3.63, 3.8) is 0 Å². The van der Waals surface area contributed by atoms with Gasteiger partial charge in [-0.1, -0.05) is 72.1 Å². The molecule has 10 heteroatoms. The summed E-state index contributed by atoms with van der Waals surface area (Å²) in [7, 11) is -4.52. The number of nitrogens with one attached hydrogen (secondary N) is 3. The summed E-state index contributed by atoms with van der Waals surface area (Å²) in [5, 5.41) is 2.65. The van der Waals surface area contributed by atoms with Crippen molar-refractivity contribution in [1.29, 1.82) is 0 Å². The Morgan fingerprint density at radius 1 is 1.03 bits per heavy atom. The molecule has 1 aromatic carbocycles. The highest BCUT2D eigenvalue weighted by molar-refractivity contribution is 7.90. The van der Waals surface area contributed by atoms with Gasteiger partial charge in [0.05, 0.1) is 0 Å². The second kappa shape index (κ2) is 11.3. The second-order valence-electron chi connectivity index (χ2n) is 8.69. The molecule has 33 heavy (non-hydrogen) atoms. The first-order chi connectivity index (χ1) is 15.5. The molecular formula is C23H34N4O5S.